The van der Waals surface area contributed by atoms with Gasteiger partial charge in [0.1, 0.15) is 22.7 Å². The molecule has 4 aromatic rings. The molecule has 1 aromatic carbocycles. The van der Waals surface area contributed by atoms with Gasteiger partial charge in [-0.1, -0.05) is 0 Å². The molecule has 0 saturated heterocycles. The van der Waals surface area contributed by atoms with Crippen LogP contribution in [-0.4, -0.2) is 31.1 Å². The van der Waals surface area contributed by atoms with Crippen molar-refractivity contribution in [1.82, 2.24) is 24.4 Å². The third kappa shape index (κ3) is 3.25. The van der Waals surface area contributed by atoms with Crippen LogP contribution in [0.3, 0.4) is 0 Å². The second kappa shape index (κ2) is 7.21. The number of carbonyl (C=O) groups is 1. The van der Waals surface area contributed by atoms with Crippen LogP contribution in [0.1, 0.15) is 30.0 Å². The Morgan fingerprint density at radius 2 is 2.03 bits per heavy atom. The third-order valence-corrected chi connectivity index (χ3v) is 4.72. The first-order chi connectivity index (χ1) is 14.3. The number of ether oxygens (including phenoxy) is 1. The van der Waals surface area contributed by atoms with Gasteiger partial charge in [-0.3, -0.25) is 18.7 Å². The lowest BCUT2D eigenvalue weighted by molar-refractivity contribution is 0.0949. The number of rotatable bonds is 5. The number of benzene rings is 1. The van der Waals surface area contributed by atoms with Crippen molar-refractivity contribution in [1.29, 1.82) is 0 Å². The standard InChI is InChI=1S/C20H21N5O5/c1-10(2)30-14-8-11(7-13-12(14)5-6-29-13)18(26)21-9-15-22-16-17(23-15)24(3)20(28)25(4)19(16)27/h5-8,10H,9H2,1-4H3,(H,21,26)(H,22,23). The second-order valence-corrected chi connectivity index (χ2v) is 7.24. The lowest BCUT2D eigenvalue weighted by Crippen LogP contribution is -2.36. The van der Waals surface area contributed by atoms with Gasteiger partial charge in [0.2, 0.25) is 0 Å². The smallest absolute Gasteiger partial charge is 0.332 e. The van der Waals surface area contributed by atoms with Gasteiger partial charge < -0.3 is 19.5 Å². The van der Waals surface area contributed by atoms with E-state index in [1.165, 1.54) is 18.7 Å². The highest BCUT2D eigenvalue weighted by atomic mass is 16.5. The molecule has 10 heteroatoms. The van der Waals surface area contributed by atoms with Crippen molar-refractivity contribution in [2.75, 3.05) is 0 Å². The zero-order valence-electron chi connectivity index (χ0n) is 17.0. The molecule has 10 nitrogen and oxygen atoms in total. The molecule has 0 bridgehead atoms. The molecule has 156 valence electrons. The zero-order chi connectivity index (χ0) is 21.6. The van der Waals surface area contributed by atoms with E-state index in [4.69, 9.17) is 9.15 Å². The minimum Gasteiger partial charge on any atom is -0.490 e. The largest absolute Gasteiger partial charge is 0.490 e. The fraction of sp³-hybridized carbons (Fsp3) is 0.300. The fourth-order valence-corrected chi connectivity index (χ4v) is 3.24. The van der Waals surface area contributed by atoms with Crippen LogP contribution in [0.4, 0.5) is 0 Å². The summed E-state index contributed by atoms with van der Waals surface area (Å²) in [5.41, 5.74) is 0.398. The van der Waals surface area contributed by atoms with E-state index in [0.717, 1.165) is 9.95 Å². The average Bonchev–Trinajstić information content (AvgIpc) is 3.35. The van der Waals surface area contributed by atoms with Crippen molar-refractivity contribution in [3.63, 3.8) is 0 Å². The summed E-state index contributed by atoms with van der Waals surface area (Å²) in [4.78, 5) is 44.2. The maximum Gasteiger partial charge on any atom is 0.332 e. The summed E-state index contributed by atoms with van der Waals surface area (Å²) in [6, 6.07) is 5.08. The highest BCUT2D eigenvalue weighted by Crippen LogP contribution is 2.29. The van der Waals surface area contributed by atoms with E-state index in [-0.39, 0.29) is 29.7 Å². The molecule has 4 rings (SSSR count). The van der Waals surface area contributed by atoms with E-state index >= 15 is 0 Å². The van der Waals surface area contributed by atoms with Crippen LogP contribution in [0.25, 0.3) is 22.1 Å². The maximum absolute atomic E-state index is 12.7. The van der Waals surface area contributed by atoms with Gasteiger partial charge in [-0.2, -0.15) is 0 Å². The number of imidazole rings is 1. The lowest BCUT2D eigenvalue weighted by atomic mass is 10.1. The summed E-state index contributed by atoms with van der Waals surface area (Å²) in [6.45, 7) is 3.84. The monoisotopic (exact) mass is 411 g/mol. The Kier molecular flexibility index (Phi) is 4.69. The molecule has 3 heterocycles. The molecular weight excluding hydrogens is 390 g/mol. The summed E-state index contributed by atoms with van der Waals surface area (Å²) in [5.74, 6) is 0.558. The minimum absolute atomic E-state index is 0.0431. The molecule has 0 aliphatic carbocycles. The summed E-state index contributed by atoms with van der Waals surface area (Å²) in [7, 11) is 2.93. The Morgan fingerprint density at radius 1 is 1.27 bits per heavy atom. The van der Waals surface area contributed by atoms with E-state index in [1.54, 1.807) is 24.5 Å². The van der Waals surface area contributed by atoms with E-state index in [2.05, 4.69) is 15.3 Å². The second-order valence-electron chi connectivity index (χ2n) is 7.24. The average molecular weight is 411 g/mol. The Labute approximate surface area is 170 Å². The van der Waals surface area contributed by atoms with Gasteiger partial charge in [0.15, 0.2) is 5.65 Å². The molecule has 0 aliphatic heterocycles. The molecule has 0 spiro atoms. The number of aryl methyl sites for hydroxylation is 1. The van der Waals surface area contributed by atoms with Gasteiger partial charge in [0.25, 0.3) is 11.5 Å². The molecule has 0 radical (unpaired) electrons. The number of furan rings is 1. The number of nitrogens with zero attached hydrogens (tertiary/aromatic N) is 3. The molecule has 0 fully saturated rings. The van der Waals surface area contributed by atoms with Crippen LogP contribution in [0.15, 0.2) is 38.5 Å². The van der Waals surface area contributed by atoms with Crippen molar-refractivity contribution >= 4 is 28.0 Å². The van der Waals surface area contributed by atoms with Crippen LogP contribution in [0.5, 0.6) is 5.75 Å². The van der Waals surface area contributed by atoms with Gasteiger partial charge in [-0.15, -0.1) is 0 Å². The molecule has 0 unspecified atom stereocenters. The van der Waals surface area contributed by atoms with Crippen molar-refractivity contribution in [3.8, 4) is 5.75 Å². The molecule has 0 atom stereocenters. The molecule has 2 N–H and O–H groups in total. The van der Waals surface area contributed by atoms with Crippen molar-refractivity contribution < 1.29 is 13.9 Å². The summed E-state index contributed by atoms with van der Waals surface area (Å²) in [5, 5.41) is 3.54. The van der Waals surface area contributed by atoms with Crippen LogP contribution in [0, 0.1) is 0 Å². The number of H-pyrrole nitrogens is 1. The number of hydrogen-bond acceptors (Lipinski definition) is 6. The Hall–Kier alpha value is -3.82. The number of aromatic nitrogens is 4. The topological polar surface area (TPSA) is 124 Å². The van der Waals surface area contributed by atoms with Crippen LogP contribution >= 0.6 is 0 Å². The maximum atomic E-state index is 12.7. The normalized spacial score (nSPS) is 11.5. The minimum atomic E-state index is -0.475. The number of carbonyl (C=O) groups excluding carboxylic acids is 1. The fourth-order valence-electron chi connectivity index (χ4n) is 3.24. The van der Waals surface area contributed by atoms with E-state index in [1.807, 2.05) is 13.8 Å². The van der Waals surface area contributed by atoms with Crippen LogP contribution in [-0.2, 0) is 20.6 Å². The van der Waals surface area contributed by atoms with Crippen LogP contribution < -0.4 is 21.3 Å². The van der Waals surface area contributed by atoms with E-state index in [0.29, 0.717) is 22.7 Å². The van der Waals surface area contributed by atoms with Crippen molar-refractivity contribution in [2.45, 2.75) is 26.5 Å². The van der Waals surface area contributed by atoms with Crippen molar-refractivity contribution in [2.24, 2.45) is 14.1 Å². The van der Waals surface area contributed by atoms with Crippen molar-refractivity contribution in [3.05, 3.63) is 56.7 Å². The molecular formula is C20H21N5O5. The summed E-state index contributed by atoms with van der Waals surface area (Å²) < 4.78 is 13.5. The van der Waals surface area contributed by atoms with Gasteiger partial charge in [-0.25, -0.2) is 9.78 Å². The van der Waals surface area contributed by atoms with Gasteiger partial charge in [-0.05, 0) is 32.0 Å². The number of amides is 1. The number of hydrogen-bond donors (Lipinski definition) is 2. The van der Waals surface area contributed by atoms with Gasteiger partial charge in [0, 0.05) is 19.7 Å². The highest BCUT2D eigenvalue weighted by Gasteiger charge is 2.16. The van der Waals surface area contributed by atoms with E-state index in [9.17, 15) is 14.4 Å². The quantitative estimate of drug-likeness (QED) is 0.512. The highest BCUT2D eigenvalue weighted by molar-refractivity contribution is 5.99. The number of fused-ring (bicyclic) bond motifs is 2. The number of nitrogens with one attached hydrogen (secondary N) is 2. The molecule has 0 aliphatic rings. The lowest BCUT2D eigenvalue weighted by Gasteiger charge is -2.12. The predicted octanol–water partition coefficient (Wildman–Crippen LogP) is 1.42. The predicted molar refractivity (Wildman–Crippen MR) is 110 cm³/mol. The summed E-state index contributed by atoms with van der Waals surface area (Å²) in [6.07, 6.45) is 1.48. The SMILES string of the molecule is CC(C)Oc1cc(C(=O)NCc2nc3c([nH]2)c(=O)n(C)c(=O)n3C)cc2occc12. The van der Waals surface area contributed by atoms with E-state index < -0.39 is 11.2 Å². The zero-order valence-corrected chi connectivity index (χ0v) is 17.0. The molecule has 3 aromatic heterocycles. The van der Waals surface area contributed by atoms with Gasteiger partial charge >= 0.3 is 5.69 Å². The Bertz CT molecular complexity index is 1390. The third-order valence-electron chi connectivity index (χ3n) is 4.72. The molecule has 1 amide bonds. The van der Waals surface area contributed by atoms with Gasteiger partial charge in [0.05, 0.1) is 24.3 Å². The first kappa shape index (κ1) is 19.5. The molecule has 0 saturated carbocycles. The first-order valence-corrected chi connectivity index (χ1v) is 9.37. The first-order valence-electron chi connectivity index (χ1n) is 9.37. The summed E-state index contributed by atoms with van der Waals surface area (Å²) >= 11 is 0. The number of aromatic amines is 1. The Balaban J connectivity index is 1.61. The molecule has 30 heavy (non-hydrogen) atoms. The van der Waals surface area contributed by atoms with Crippen LogP contribution in [0.2, 0.25) is 0 Å². The Morgan fingerprint density at radius 3 is 2.77 bits per heavy atom.